The number of allylic oxidation sites excluding steroid dienone is 2. The number of pyridine rings is 1. The molecule has 0 saturated heterocycles. The fourth-order valence-electron chi connectivity index (χ4n) is 4.30. The van der Waals surface area contributed by atoms with Crippen molar-refractivity contribution in [3.05, 3.63) is 76.8 Å². The Hall–Kier alpha value is -4.20. The molecule has 0 spiro atoms. The third kappa shape index (κ3) is 3.98. The van der Waals surface area contributed by atoms with Crippen LogP contribution >= 0.6 is 0 Å². The fourth-order valence-corrected chi connectivity index (χ4v) is 4.30. The fraction of sp³-hybridized carbons (Fsp3) is 0.231. The molecule has 0 unspecified atom stereocenters. The van der Waals surface area contributed by atoms with Crippen LogP contribution in [0.15, 0.2) is 71.1 Å². The van der Waals surface area contributed by atoms with Gasteiger partial charge in [-0.2, -0.15) is 0 Å². The summed E-state index contributed by atoms with van der Waals surface area (Å²) < 4.78 is 15.4. The van der Waals surface area contributed by atoms with E-state index >= 15 is 0 Å². The molecule has 174 valence electrons. The number of hydrogen-bond donors (Lipinski definition) is 1. The van der Waals surface area contributed by atoms with E-state index in [0.717, 1.165) is 21.7 Å². The molecular formula is C26H24N2O6. The zero-order valence-electron chi connectivity index (χ0n) is 19.3. The highest BCUT2D eigenvalue weighted by molar-refractivity contribution is 6.07. The second-order valence-electron chi connectivity index (χ2n) is 7.85. The van der Waals surface area contributed by atoms with Gasteiger partial charge < -0.3 is 19.5 Å². The van der Waals surface area contributed by atoms with Gasteiger partial charge in [0.15, 0.2) is 0 Å². The topological polar surface area (TPSA) is 104 Å². The number of fused-ring (bicyclic) bond motifs is 3. The summed E-state index contributed by atoms with van der Waals surface area (Å²) in [6.07, 6.45) is 0. The van der Waals surface area contributed by atoms with Crippen LogP contribution in [0.3, 0.4) is 0 Å². The summed E-state index contributed by atoms with van der Waals surface area (Å²) in [5.74, 6) is -3.56. The number of ether oxygens (including phenoxy) is 3. The average molecular weight is 460 g/mol. The third-order valence-electron chi connectivity index (χ3n) is 5.85. The second kappa shape index (κ2) is 9.35. The van der Waals surface area contributed by atoms with E-state index in [4.69, 9.17) is 19.2 Å². The number of rotatable bonds is 5. The van der Waals surface area contributed by atoms with Gasteiger partial charge in [0.05, 0.1) is 36.6 Å². The number of nitrogens with one attached hydrogen (secondary N) is 1. The zero-order chi connectivity index (χ0) is 24.4. The van der Waals surface area contributed by atoms with Gasteiger partial charge in [-0.25, -0.2) is 14.6 Å². The van der Waals surface area contributed by atoms with Crippen molar-refractivity contribution in [1.82, 2.24) is 10.3 Å². The van der Waals surface area contributed by atoms with Crippen LogP contribution in [0.25, 0.3) is 21.7 Å². The Balaban J connectivity index is 1.73. The van der Waals surface area contributed by atoms with Crippen molar-refractivity contribution in [3.8, 4) is 0 Å². The van der Waals surface area contributed by atoms with Gasteiger partial charge in [-0.15, -0.1) is 0 Å². The molecule has 1 aromatic heterocycles. The van der Waals surface area contributed by atoms with Crippen molar-refractivity contribution in [2.24, 2.45) is 5.92 Å². The molecule has 8 nitrogen and oxygen atoms in total. The molecule has 8 heteroatoms. The maximum absolute atomic E-state index is 13.4. The minimum atomic E-state index is -1.30. The summed E-state index contributed by atoms with van der Waals surface area (Å²) in [6, 6.07) is 15.4. The Bertz CT molecular complexity index is 1350. The molecule has 0 saturated carbocycles. The van der Waals surface area contributed by atoms with Gasteiger partial charge >= 0.3 is 17.9 Å². The maximum Gasteiger partial charge on any atom is 0.336 e. The number of hydrogen-bond acceptors (Lipinski definition) is 8. The molecule has 0 aliphatic carbocycles. The van der Waals surface area contributed by atoms with Crippen molar-refractivity contribution in [3.63, 3.8) is 0 Å². The molecule has 0 atom stereocenters. The predicted octanol–water partition coefficient (Wildman–Crippen LogP) is 3.54. The van der Waals surface area contributed by atoms with E-state index in [2.05, 4.69) is 5.32 Å². The third-order valence-corrected chi connectivity index (χ3v) is 5.85. The number of dihydropyridines is 1. The smallest absolute Gasteiger partial charge is 0.336 e. The van der Waals surface area contributed by atoms with Crippen molar-refractivity contribution < 1.29 is 28.6 Å². The molecular weight excluding hydrogens is 436 g/mol. The molecule has 0 radical (unpaired) electrons. The van der Waals surface area contributed by atoms with Crippen LogP contribution in [0.1, 0.15) is 19.5 Å². The average Bonchev–Trinajstić information content (AvgIpc) is 2.85. The first-order valence-electron chi connectivity index (χ1n) is 10.7. The van der Waals surface area contributed by atoms with E-state index in [1.165, 1.54) is 14.2 Å². The van der Waals surface area contributed by atoms with Crippen molar-refractivity contribution in [2.75, 3.05) is 14.2 Å². The van der Waals surface area contributed by atoms with Gasteiger partial charge in [0.25, 0.3) is 0 Å². The van der Waals surface area contributed by atoms with Crippen LogP contribution in [0.5, 0.6) is 0 Å². The SMILES string of the molecule is COC(=O)C1=C(C)NC(C)=C(C(=O)OC)C1C(=O)OCc1nc2ccccc2c2ccccc12. The van der Waals surface area contributed by atoms with Crippen LogP contribution in [-0.2, 0) is 35.2 Å². The van der Waals surface area contributed by atoms with Crippen molar-refractivity contribution in [2.45, 2.75) is 20.5 Å². The first-order chi connectivity index (χ1) is 16.4. The monoisotopic (exact) mass is 460 g/mol. The predicted molar refractivity (Wildman–Crippen MR) is 125 cm³/mol. The Labute approximate surface area is 196 Å². The Morgan fingerprint density at radius 3 is 1.94 bits per heavy atom. The largest absolute Gasteiger partial charge is 0.466 e. The number of benzene rings is 2. The summed E-state index contributed by atoms with van der Waals surface area (Å²) in [7, 11) is 2.41. The summed E-state index contributed by atoms with van der Waals surface area (Å²) in [5, 5.41) is 5.77. The first-order valence-corrected chi connectivity index (χ1v) is 10.7. The molecule has 3 aromatic rings. The summed E-state index contributed by atoms with van der Waals surface area (Å²) in [4.78, 5) is 43.1. The lowest BCUT2D eigenvalue weighted by molar-refractivity contribution is -0.152. The van der Waals surface area contributed by atoms with Gasteiger partial charge in [0.1, 0.15) is 12.5 Å². The molecule has 1 N–H and O–H groups in total. The quantitative estimate of drug-likeness (QED) is 0.350. The van der Waals surface area contributed by atoms with Gasteiger partial charge in [-0.3, -0.25) is 4.79 Å². The number of aromatic nitrogens is 1. The normalized spacial score (nSPS) is 14.2. The molecule has 0 bridgehead atoms. The van der Waals surface area contributed by atoms with Gasteiger partial charge in [0, 0.05) is 22.2 Å². The maximum atomic E-state index is 13.4. The Morgan fingerprint density at radius 1 is 0.824 bits per heavy atom. The molecule has 4 rings (SSSR count). The molecule has 2 aromatic carbocycles. The summed E-state index contributed by atoms with van der Waals surface area (Å²) >= 11 is 0. The standard InChI is InChI=1S/C26H24N2O6/c1-14-21(24(29)32-3)23(22(15(2)27-14)25(30)33-4)26(31)34-13-20-18-11-6-5-9-16(18)17-10-7-8-12-19(17)28-20/h5-12,23,27H,13H2,1-4H3. The van der Waals surface area contributed by atoms with Crippen molar-refractivity contribution >= 4 is 39.6 Å². The van der Waals surface area contributed by atoms with E-state index in [1.807, 2.05) is 48.5 Å². The van der Waals surface area contributed by atoms with Crippen LogP contribution in [-0.4, -0.2) is 37.1 Å². The van der Waals surface area contributed by atoms with Gasteiger partial charge in [0.2, 0.25) is 0 Å². The van der Waals surface area contributed by atoms with Crippen LogP contribution in [0.2, 0.25) is 0 Å². The van der Waals surface area contributed by atoms with E-state index in [0.29, 0.717) is 17.1 Å². The lowest BCUT2D eigenvalue weighted by Gasteiger charge is -2.28. The van der Waals surface area contributed by atoms with Crippen LogP contribution in [0.4, 0.5) is 0 Å². The molecule has 0 fully saturated rings. The highest BCUT2D eigenvalue weighted by Gasteiger charge is 2.42. The lowest BCUT2D eigenvalue weighted by atomic mass is 9.85. The molecule has 0 amide bonds. The number of methoxy groups -OCH3 is 2. The number of nitrogens with zero attached hydrogens (tertiary/aromatic N) is 1. The van der Waals surface area contributed by atoms with Crippen LogP contribution in [0, 0.1) is 5.92 Å². The van der Waals surface area contributed by atoms with Gasteiger partial charge in [-0.1, -0.05) is 42.5 Å². The van der Waals surface area contributed by atoms with E-state index in [1.54, 1.807) is 13.8 Å². The number of esters is 3. The summed E-state index contributed by atoms with van der Waals surface area (Å²) in [5.41, 5.74) is 2.12. The molecule has 2 heterocycles. The van der Waals surface area contributed by atoms with Gasteiger partial charge in [-0.05, 0) is 25.3 Å². The van der Waals surface area contributed by atoms with Crippen molar-refractivity contribution in [1.29, 1.82) is 0 Å². The molecule has 34 heavy (non-hydrogen) atoms. The Kier molecular flexibility index (Phi) is 6.32. The van der Waals surface area contributed by atoms with Crippen LogP contribution < -0.4 is 5.32 Å². The number of para-hydroxylation sites is 1. The molecule has 1 aliphatic rings. The Morgan fingerprint density at radius 2 is 1.35 bits per heavy atom. The minimum Gasteiger partial charge on any atom is -0.466 e. The number of carbonyl (C=O) groups excluding carboxylic acids is 3. The number of carbonyl (C=O) groups is 3. The first kappa shape index (κ1) is 23.0. The highest BCUT2D eigenvalue weighted by Crippen LogP contribution is 2.33. The summed E-state index contributed by atoms with van der Waals surface area (Å²) in [6.45, 7) is 3.11. The second-order valence-corrected chi connectivity index (χ2v) is 7.85. The minimum absolute atomic E-state index is 0.00479. The van der Waals surface area contributed by atoms with E-state index in [-0.39, 0.29) is 17.8 Å². The van der Waals surface area contributed by atoms with E-state index in [9.17, 15) is 14.4 Å². The van der Waals surface area contributed by atoms with E-state index < -0.39 is 23.8 Å². The molecule has 1 aliphatic heterocycles. The highest BCUT2D eigenvalue weighted by atomic mass is 16.5. The zero-order valence-corrected chi connectivity index (χ0v) is 19.3. The lowest BCUT2D eigenvalue weighted by Crippen LogP contribution is -2.37.